The van der Waals surface area contributed by atoms with Crippen molar-refractivity contribution in [1.82, 2.24) is 24.3 Å². The van der Waals surface area contributed by atoms with Gasteiger partial charge in [-0.25, -0.2) is 4.98 Å². The van der Waals surface area contributed by atoms with Gasteiger partial charge in [-0.2, -0.15) is 4.98 Å². The highest BCUT2D eigenvalue weighted by molar-refractivity contribution is 7.98. The first-order valence-electron chi connectivity index (χ1n) is 10.2. The van der Waals surface area contributed by atoms with Crippen LogP contribution in [-0.4, -0.2) is 30.5 Å². The Kier molecular flexibility index (Phi) is 6.43. The van der Waals surface area contributed by atoms with Crippen molar-refractivity contribution >= 4 is 57.4 Å². The smallest absolute Gasteiger partial charge is 0.273 e. The molecule has 11 heteroatoms. The lowest BCUT2D eigenvalue weighted by Gasteiger charge is -2.08. The minimum absolute atomic E-state index is 0.130. The number of rotatable bonds is 6. The topological polar surface area (TPSA) is 78.7 Å². The zero-order valence-corrected chi connectivity index (χ0v) is 21.8. The van der Waals surface area contributed by atoms with Gasteiger partial charge in [0.2, 0.25) is 11.7 Å². The normalized spacial score (nSPS) is 11.4. The average Bonchev–Trinajstić information content (AvgIpc) is 3.45. The van der Waals surface area contributed by atoms with E-state index in [1.165, 1.54) is 32.6 Å². The molecule has 0 saturated carbocycles. The summed E-state index contributed by atoms with van der Waals surface area (Å²) in [5.74, 6) is 1.38. The lowest BCUT2D eigenvalue weighted by molar-refractivity contribution is 0.391. The van der Waals surface area contributed by atoms with Crippen molar-refractivity contribution in [2.45, 2.75) is 22.7 Å². The molecular formula is C23H19N5O2S4. The van der Waals surface area contributed by atoms with Gasteiger partial charge in [-0.05, 0) is 61.8 Å². The molecule has 0 aliphatic carbocycles. The lowest BCUT2D eigenvalue weighted by Crippen LogP contribution is -2.19. The SMILES string of the molecule is CSc1ccc(-c2noc(CSc3nc4c(sc(=S)n4-c4ccc(C)cc4)c(=O)n3C)n2)cc1. The van der Waals surface area contributed by atoms with Gasteiger partial charge >= 0.3 is 0 Å². The summed E-state index contributed by atoms with van der Waals surface area (Å²) in [6, 6.07) is 16.0. The molecule has 0 aliphatic heterocycles. The van der Waals surface area contributed by atoms with Crippen LogP contribution in [0, 0.1) is 10.9 Å². The summed E-state index contributed by atoms with van der Waals surface area (Å²) >= 11 is 9.89. The number of aryl methyl sites for hydroxylation is 1. The number of thioether (sulfide) groups is 2. The molecule has 0 amide bonds. The van der Waals surface area contributed by atoms with E-state index >= 15 is 0 Å². The van der Waals surface area contributed by atoms with Crippen molar-refractivity contribution in [2.75, 3.05) is 6.26 Å². The molecule has 7 nitrogen and oxygen atoms in total. The Morgan fingerprint density at radius 2 is 1.82 bits per heavy atom. The molecule has 0 atom stereocenters. The first kappa shape index (κ1) is 23.0. The number of thiazole rings is 1. The lowest BCUT2D eigenvalue weighted by atomic mass is 10.2. The molecule has 0 N–H and O–H groups in total. The second-order valence-electron chi connectivity index (χ2n) is 7.48. The molecule has 0 fully saturated rings. The molecule has 5 aromatic rings. The zero-order chi connectivity index (χ0) is 23.8. The van der Waals surface area contributed by atoms with Gasteiger partial charge in [-0.15, -0.1) is 11.8 Å². The van der Waals surface area contributed by atoms with E-state index in [1.54, 1.807) is 18.8 Å². The maximum Gasteiger partial charge on any atom is 0.273 e. The summed E-state index contributed by atoms with van der Waals surface area (Å²) in [6.07, 6.45) is 2.03. The molecule has 172 valence electrons. The van der Waals surface area contributed by atoms with Crippen LogP contribution in [0.2, 0.25) is 0 Å². The van der Waals surface area contributed by atoms with Crippen molar-refractivity contribution in [2.24, 2.45) is 7.05 Å². The van der Waals surface area contributed by atoms with E-state index in [-0.39, 0.29) is 5.56 Å². The van der Waals surface area contributed by atoms with Crippen molar-refractivity contribution in [3.05, 3.63) is 74.3 Å². The molecule has 0 saturated heterocycles. The molecule has 34 heavy (non-hydrogen) atoms. The summed E-state index contributed by atoms with van der Waals surface area (Å²) in [4.78, 5) is 23.5. The summed E-state index contributed by atoms with van der Waals surface area (Å²) in [7, 11) is 1.71. The Labute approximate surface area is 212 Å². The summed E-state index contributed by atoms with van der Waals surface area (Å²) in [6.45, 7) is 2.03. The van der Waals surface area contributed by atoms with Gasteiger partial charge in [0.25, 0.3) is 5.56 Å². The van der Waals surface area contributed by atoms with Crippen LogP contribution in [0.5, 0.6) is 0 Å². The molecule has 3 aromatic heterocycles. The molecule has 5 rings (SSSR count). The molecule has 0 radical (unpaired) electrons. The Bertz CT molecular complexity index is 1600. The van der Waals surface area contributed by atoms with Crippen LogP contribution >= 0.6 is 47.1 Å². The van der Waals surface area contributed by atoms with Crippen LogP contribution in [-0.2, 0) is 12.8 Å². The molecule has 3 heterocycles. The van der Waals surface area contributed by atoms with Gasteiger partial charge in [-0.1, -0.05) is 46.0 Å². The van der Waals surface area contributed by atoms with Gasteiger partial charge in [0.15, 0.2) is 14.8 Å². The number of nitrogens with zero attached hydrogens (tertiary/aromatic N) is 5. The van der Waals surface area contributed by atoms with Gasteiger partial charge in [0.05, 0.1) is 5.75 Å². The van der Waals surface area contributed by atoms with Crippen molar-refractivity contribution in [3.8, 4) is 17.1 Å². The molecule has 0 bridgehead atoms. The minimum Gasteiger partial charge on any atom is -0.338 e. The number of fused-ring (bicyclic) bond motifs is 1. The van der Waals surface area contributed by atoms with E-state index < -0.39 is 0 Å². The van der Waals surface area contributed by atoms with E-state index in [0.717, 1.165) is 16.8 Å². The molecular weight excluding hydrogens is 507 g/mol. The Hall–Kier alpha value is -2.73. The number of aromatic nitrogens is 5. The Morgan fingerprint density at radius 3 is 2.53 bits per heavy atom. The van der Waals surface area contributed by atoms with Gasteiger partial charge < -0.3 is 4.52 Å². The third kappa shape index (κ3) is 4.36. The van der Waals surface area contributed by atoms with Crippen molar-refractivity contribution < 1.29 is 4.52 Å². The van der Waals surface area contributed by atoms with E-state index in [0.29, 0.717) is 36.9 Å². The highest BCUT2D eigenvalue weighted by Gasteiger charge is 2.17. The van der Waals surface area contributed by atoms with Crippen molar-refractivity contribution in [1.29, 1.82) is 0 Å². The fourth-order valence-corrected chi connectivity index (χ4v) is 5.92. The third-order valence-corrected chi connectivity index (χ3v) is 8.32. The second kappa shape index (κ2) is 9.49. The number of hydrogen-bond acceptors (Lipinski definition) is 9. The largest absolute Gasteiger partial charge is 0.338 e. The van der Waals surface area contributed by atoms with Crippen LogP contribution in [0.3, 0.4) is 0 Å². The minimum atomic E-state index is -0.130. The van der Waals surface area contributed by atoms with E-state index in [9.17, 15) is 4.79 Å². The maximum atomic E-state index is 13.1. The van der Waals surface area contributed by atoms with E-state index in [2.05, 4.69) is 10.1 Å². The molecule has 0 spiro atoms. The first-order valence-corrected chi connectivity index (χ1v) is 13.7. The van der Waals surface area contributed by atoms with Crippen LogP contribution in [0.15, 0.2) is 67.9 Å². The van der Waals surface area contributed by atoms with Crippen molar-refractivity contribution in [3.63, 3.8) is 0 Å². The fourth-order valence-electron chi connectivity index (χ4n) is 3.36. The van der Waals surface area contributed by atoms with Gasteiger partial charge in [0.1, 0.15) is 4.70 Å². The summed E-state index contributed by atoms with van der Waals surface area (Å²) < 4.78 is 9.95. The molecule has 0 unspecified atom stereocenters. The number of benzene rings is 2. The number of hydrogen-bond donors (Lipinski definition) is 0. The summed E-state index contributed by atoms with van der Waals surface area (Å²) in [5.41, 5.74) is 3.35. The highest BCUT2D eigenvalue weighted by atomic mass is 32.2. The standard InChI is InChI=1S/C23H19N5O2S4/c1-13-4-8-15(9-5-13)28-20-18(34-23(28)31)21(29)27(2)22(25-20)33-12-17-24-19(26-30-17)14-6-10-16(32-3)11-7-14/h4-11H,12H2,1-3H3. The second-order valence-corrected chi connectivity index (χ2v) is 10.9. The van der Waals surface area contributed by atoms with Crippen LogP contribution in [0.1, 0.15) is 11.5 Å². The van der Waals surface area contributed by atoms with Gasteiger partial charge in [-0.3, -0.25) is 13.9 Å². The molecule has 0 aliphatic rings. The average molecular weight is 526 g/mol. The third-order valence-electron chi connectivity index (χ3n) is 5.21. The van der Waals surface area contributed by atoms with E-state index in [1.807, 2.05) is 66.3 Å². The van der Waals surface area contributed by atoms with Crippen LogP contribution < -0.4 is 5.56 Å². The predicted molar refractivity (Wildman–Crippen MR) is 141 cm³/mol. The zero-order valence-electron chi connectivity index (χ0n) is 18.5. The monoisotopic (exact) mass is 525 g/mol. The molecule has 2 aromatic carbocycles. The maximum absolute atomic E-state index is 13.1. The quantitative estimate of drug-likeness (QED) is 0.154. The highest BCUT2D eigenvalue weighted by Crippen LogP contribution is 2.27. The van der Waals surface area contributed by atoms with E-state index in [4.69, 9.17) is 21.7 Å². The van der Waals surface area contributed by atoms with Crippen LogP contribution in [0.25, 0.3) is 27.4 Å². The van der Waals surface area contributed by atoms with Crippen LogP contribution in [0.4, 0.5) is 0 Å². The first-order chi connectivity index (χ1) is 16.4. The summed E-state index contributed by atoms with van der Waals surface area (Å²) in [5, 5.41) is 4.65. The Balaban J connectivity index is 1.45. The fraction of sp³-hybridized carbons (Fsp3) is 0.174. The van der Waals surface area contributed by atoms with Gasteiger partial charge in [0, 0.05) is 23.2 Å². The predicted octanol–water partition coefficient (Wildman–Crippen LogP) is 5.89. The Morgan fingerprint density at radius 1 is 1.09 bits per heavy atom.